The molecule has 1 N–H and O–H groups in total. The zero-order valence-corrected chi connectivity index (χ0v) is 16.7. The van der Waals surface area contributed by atoms with Crippen molar-refractivity contribution >= 4 is 33.1 Å². The SMILES string of the molecule is CNc1nc(-c2ccc3c(c2)CCN3S(=O)c2ccccc2C)c(C)s1. The summed E-state index contributed by atoms with van der Waals surface area (Å²) in [5, 5.41) is 4.05. The predicted octanol–water partition coefficient (Wildman–Crippen LogP) is 4.55. The molecule has 3 aromatic rings. The fourth-order valence-electron chi connectivity index (χ4n) is 3.33. The van der Waals surface area contributed by atoms with Crippen LogP contribution in [0.15, 0.2) is 47.4 Å². The number of anilines is 2. The first-order valence-corrected chi connectivity index (χ1v) is 10.5. The van der Waals surface area contributed by atoms with Gasteiger partial charge in [-0.3, -0.25) is 4.31 Å². The Bertz CT molecular complexity index is 996. The maximum Gasteiger partial charge on any atom is 0.183 e. The summed E-state index contributed by atoms with van der Waals surface area (Å²) >= 11 is 1.67. The molecule has 134 valence electrons. The van der Waals surface area contributed by atoms with E-state index in [1.807, 2.05) is 42.5 Å². The molecule has 6 heteroatoms. The van der Waals surface area contributed by atoms with Gasteiger partial charge >= 0.3 is 0 Å². The van der Waals surface area contributed by atoms with Gasteiger partial charge in [0.2, 0.25) is 0 Å². The van der Waals surface area contributed by atoms with Crippen molar-refractivity contribution in [3.8, 4) is 11.3 Å². The summed E-state index contributed by atoms with van der Waals surface area (Å²) in [6, 6.07) is 14.3. The summed E-state index contributed by atoms with van der Waals surface area (Å²) in [7, 11) is 0.718. The van der Waals surface area contributed by atoms with E-state index < -0.39 is 11.0 Å². The molecule has 1 atom stereocenters. The summed E-state index contributed by atoms with van der Waals surface area (Å²) in [4.78, 5) is 6.76. The molecule has 4 nitrogen and oxygen atoms in total. The number of hydrogen-bond acceptors (Lipinski definition) is 4. The lowest BCUT2D eigenvalue weighted by molar-refractivity contribution is 0.679. The minimum Gasteiger partial charge on any atom is -0.365 e. The molecule has 0 spiro atoms. The highest BCUT2D eigenvalue weighted by Crippen LogP contribution is 2.37. The monoisotopic (exact) mass is 383 g/mol. The molecule has 0 saturated heterocycles. The lowest BCUT2D eigenvalue weighted by atomic mass is 10.1. The minimum atomic E-state index is -1.17. The number of rotatable bonds is 4. The molecule has 0 aliphatic carbocycles. The van der Waals surface area contributed by atoms with Crippen molar-refractivity contribution in [3.63, 3.8) is 0 Å². The maximum absolute atomic E-state index is 13.1. The first-order valence-electron chi connectivity index (χ1n) is 8.62. The Kier molecular flexibility index (Phi) is 4.54. The van der Waals surface area contributed by atoms with E-state index in [1.54, 1.807) is 11.3 Å². The van der Waals surface area contributed by atoms with Gasteiger partial charge in [0.25, 0.3) is 0 Å². The Balaban J connectivity index is 1.67. The largest absolute Gasteiger partial charge is 0.365 e. The molecule has 0 bridgehead atoms. The number of benzene rings is 2. The summed E-state index contributed by atoms with van der Waals surface area (Å²) in [5.41, 5.74) is 5.52. The smallest absolute Gasteiger partial charge is 0.183 e. The standard InChI is InChI=1S/C20H21N3OS2/c1-13-6-4-5-7-18(13)26(24)23-11-10-15-12-16(8-9-17(15)23)19-14(2)25-20(21-3)22-19/h4-9,12H,10-11H2,1-3H3,(H,21,22). The molecule has 0 fully saturated rings. The minimum absolute atomic E-state index is 0.775. The highest BCUT2D eigenvalue weighted by Gasteiger charge is 2.26. The number of thiazole rings is 1. The van der Waals surface area contributed by atoms with E-state index >= 15 is 0 Å². The lowest BCUT2D eigenvalue weighted by Gasteiger charge is -2.19. The normalized spacial score (nSPS) is 14.3. The first-order chi connectivity index (χ1) is 12.6. The van der Waals surface area contributed by atoms with Crippen LogP contribution in [0, 0.1) is 13.8 Å². The second kappa shape index (κ2) is 6.85. The van der Waals surface area contributed by atoms with Crippen LogP contribution in [0.4, 0.5) is 10.8 Å². The van der Waals surface area contributed by atoms with E-state index in [0.29, 0.717) is 0 Å². The Morgan fingerprint density at radius 1 is 1.19 bits per heavy atom. The number of hydrogen-bond donors (Lipinski definition) is 1. The van der Waals surface area contributed by atoms with Crippen LogP contribution < -0.4 is 9.62 Å². The van der Waals surface area contributed by atoms with Gasteiger partial charge < -0.3 is 5.32 Å². The number of fused-ring (bicyclic) bond motifs is 1. The Hall–Kier alpha value is -2.18. The van der Waals surface area contributed by atoms with Crippen LogP contribution in [-0.4, -0.2) is 22.8 Å². The van der Waals surface area contributed by atoms with E-state index in [-0.39, 0.29) is 0 Å². The third-order valence-corrected chi connectivity index (χ3v) is 7.30. The van der Waals surface area contributed by atoms with Gasteiger partial charge in [-0.2, -0.15) is 0 Å². The third kappa shape index (κ3) is 2.93. The fraction of sp³-hybridized carbons (Fsp3) is 0.250. The van der Waals surface area contributed by atoms with E-state index in [9.17, 15) is 4.21 Å². The molecule has 1 aliphatic rings. The van der Waals surface area contributed by atoms with Gasteiger partial charge in [-0.15, -0.1) is 11.3 Å². The third-order valence-electron chi connectivity index (χ3n) is 4.70. The predicted molar refractivity (Wildman–Crippen MR) is 110 cm³/mol. The van der Waals surface area contributed by atoms with Crippen LogP contribution in [0.25, 0.3) is 11.3 Å². The maximum atomic E-state index is 13.1. The van der Waals surface area contributed by atoms with Crippen molar-refractivity contribution < 1.29 is 4.21 Å². The van der Waals surface area contributed by atoms with Crippen LogP contribution >= 0.6 is 11.3 Å². The molecule has 0 saturated carbocycles. The first kappa shape index (κ1) is 17.2. The zero-order valence-electron chi connectivity index (χ0n) is 15.1. The van der Waals surface area contributed by atoms with E-state index in [0.717, 1.165) is 45.5 Å². The van der Waals surface area contributed by atoms with Crippen molar-refractivity contribution in [2.75, 3.05) is 23.2 Å². The van der Waals surface area contributed by atoms with Crippen molar-refractivity contribution in [2.24, 2.45) is 0 Å². The molecule has 1 aromatic heterocycles. The highest BCUT2D eigenvalue weighted by molar-refractivity contribution is 7.86. The number of aryl methyl sites for hydroxylation is 2. The molecule has 1 unspecified atom stereocenters. The van der Waals surface area contributed by atoms with E-state index in [2.05, 4.69) is 35.4 Å². The van der Waals surface area contributed by atoms with Gasteiger partial charge in [-0.05, 0) is 49.6 Å². The Morgan fingerprint density at radius 2 is 2.00 bits per heavy atom. The Labute approximate surface area is 160 Å². The number of aromatic nitrogens is 1. The van der Waals surface area contributed by atoms with Crippen LogP contribution in [0.2, 0.25) is 0 Å². The van der Waals surface area contributed by atoms with Crippen LogP contribution in [-0.2, 0) is 17.4 Å². The van der Waals surface area contributed by atoms with E-state index in [1.165, 1.54) is 10.4 Å². The van der Waals surface area contributed by atoms with Gasteiger partial charge in [-0.1, -0.05) is 24.3 Å². The molecule has 1 aliphatic heterocycles. The molecule has 26 heavy (non-hydrogen) atoms. The molecule has 0 radical (unpaired) electrons. The second-order valence-corrected chi connectivity index (χ2v) is 8.97. The van der Waals surface area contributed by atoms with Crippen LogP contribution in [0.1, 0.15) is 16.0 Å². The van der Waals surface area contributed by atoms with Gasteiger partial charge in [-0.25, -0.2) is 9.19 Å². The molecular weight excluding hydrogens is 362 g/mol. The topological polar surface area (TPSA) is 45.2 Å². The average Bonchev–Trinajstić information content (AvgIpc) is 3.24. The quantitative estimate of drug-likeness (QED) is 0.719. The van der Waals surface area contributed by atoms with Crippen molar-refractivity contribution in [1.82, 2.24) is 4.98 Å². The summed E-state index contributed by atoms with van der Waals surface area (Å²) < 4.78 is 15.1. The van der Waals surface area contributed by atoms with Crippen LogP contribution in [0.3, 0.4) is 0 Å². The van der Waals surface area contributed by atoms with Gasteiger partial charge in [0.05, 0.1) is 16.3 Å². The van der Waals surface area contributed by atoms with Crippen molar-refractivity contribution in [3.05, 3.63) is 58.5 Å². The zero-order chi connectivity index (χ0) is 18.3. The average molecular weight is 384 g/mol. The molecule has 2 heterocycles. The van der Waals surface area contributed by atoms with Gasteiger partial charge in [0.1, 0.15) is 0 Å². The van der Waals surface area contributed by atoms with E-state index in [4.69, 9.17) is 0 Å². The molecular formula is C20H21N3OS2. The van der Waals surface area contributed by atoms with Crippen molar-refractivity contribution in [2.45, 2.75) is 25.2 Å². The van der Waals surface area contributed by atoms with Gasteiger partial charge in [0, 0.05) is 24.0 Å². The van der Waals surface area contributed by atoms with Gasteiger partial charge in [0.15, 0.2) is 16.1 Å². The summed E-state index contributed by atoms with van der Waals surface area (Å²) in [5.74, 6) is 0. The number of nitrogens with one attached hydrogen (secondary N) is 1. The highest BCUT2D eigenvalue weighted by atomic mass is 32.2. The van der Waals surface area contributed by atoms with Crippen LogP contribution in [0.5, 0.6) is 0 Å². The molecule has 4 rings (SSSR count). The Morgan fingerprint density at radius 3 is 2.73 bits per heavy atom. The summed E-state index contributed by atoms with van der Waals surface area (Å²) in [6.07, 6.45) is 0.906. The van der Waals surface area contributed by atoms with Crippen molar-refractivity contribution in [1.29, 1.82) is 0 Å². The lowest BCUT2D eigenvalue weighted by Crippen LogP contribution is -2.23. The second-order valence-electron chi connectivity index (χ2n) is 6.38. The number of nitrogens with zero attached hydrogens (tertiary/aromatic N) is 2. The fourth-order valence-corrected chi connectivity index (χ4v) is 5.51. The molecule has 0 amide bonds. The molecule has 2 aromatic carbocycles. The summed E-state index contributed by atoms with van der Waals surface area (Å²) in [6.45, 7) is 4.88.